The number of tetrazole rings is 1. The fourth-order valence-electron chi connectivity index (χ4n) is 3.04. The van der Waals surface area contributed by atoms with Crippen LogP contribution in [0.25, 0.3) is 27.9 Å². The van der Waals surface area contributed by atoms with E-state index >= 15 is 0 Å². The third-order valence-corrected chi connectivity index (χ3v) is 4.45. The number of hydrogen-bond acceptors (Lipinski definition) is 6. The number of aromatic nitrogens is 7. The van der Waals surface area contributed by atoms with Gasteiger partial charge in [0.25, 0.3) is 0 Å². The molecule has 0 spiro atoms. The Hall–Kier alpha value is -3.52. The summed E-state index contributed by atoms with van der Waals surface area (Å²) < 4.78 is 1.93. The Kier molecular flexibility index (Phi) is 3.51. The molecule has 0 amide bonds. The van der Waals surface area contributed by atoms with Crippen LogP contribution < -0.4 is 5.32 Å². The van der Waals surface area contributed by atoms with Crippen LogP contribution in [0.3, 0.4) is 0 Å². The second-order valence-corrected chi connectivity index (χ2v) is 6.56. The largest absolute Gasteiger partial charge is 0.325 e. The predicted molar refractivity (Wildman–Crippen MR) is 103 cm³/mol. The minimum Gasteiger partial charge on any atom is -0.325 e. The van der Waals surface area contributed by atoms with Gasteiger partial charge in [-0.05, 0) is 53.7 Å². The lowest BCUT2D eigenvalue weighted by Crippen LogP contribution is -2.02. The molecule has 0 saturated heterocycles. The van der Waals surface area contributed by atoms with Gasteiger partial charge in [0.15, 0.2) is 5.82 Å². The van der Waals surface area contributed by atoms with Crippen LogP contribution in [0.2, 0.25) is 5.02 Å². The molecule has 5 rings (SSSR count). The highest BCUT2D eigenvalue weighted by Gasteiger charge is 2.13. The van der Waals surface area contributed by atoms with Crippen molar-refractivity contribution in [1.82, 2.24) is 35.0 Å². The number of imidazole rings is 1. The molecule has 0 bridgehead atoms. The van der Waals surface area contributed by atoms with Crippen LogP contribution in [0.4, 0.5) is 11.6 Å². The quantitative estimate of drug-likeness (QED) is 0.497. The standard InChI is InChI=1S/C18H13ClN8/c1-10-9-27-17(20-10)14-7-11(16-23-25-26-24-16)5-6-15(14)22-18(27)21-13-4-2-3-12(19)8-13/h2-9H,1H3,(H,21,22)(H,23,24,25,26). The van der Waals surface area contributed by atoms with Gasteiger partial charge in [-0.25, -0.2) is 15.1 Å². The van der Waals surface area contributed by atoms with Crippen molar-refractivity contribution in [3.8, 4) is 11.4 Å². The molecule has 0 fully saturated rings. The number of rotatable bonds is 3. The zero-order chi connectivity index (χ0) is 18.4. The molecule has 0 saturated carbocycles. The van der Waals surface area contributed by atoms with E-state index in [0.717, 1.165) is 33.5 Å². The molecule has 0 aliphatic heterocycles. The van der Waals surface area contributed by atoms with Gasteiger partial charge in [-0.2, -0.15) is 0 Å². The first kappa shape index (κ1) is 15.7. The number of fused-ring (bicyclic) bond motifs is 3. The Labute approximate surface area is 158 Å². The van der Waals surface area contributed by atoms with Gasteiger partial charge in [0, 0.05) is 27.9 Å². The van der Waals surface area contributed by atoms with E-state index in [4.69, 9.17) is 16.6 Å². The highest BCUT2D eigenvalue weighted by Crippen LogP contribution is 2.28. The van der Waals surface area contributed by atoms with Crippen LogP contribution in [0.15, 0.2) is 48.7 Å². The second kappa shape index (κ2) is 6.03. The van der Waals surface area contributed by atoms with Gasteiger partial charge >= 0.3 is 0 Å². The summed E-state index contributed by atoms with van der Waals surface area (Å²) in [6.07, 6.45) is 1.94. The Morgan fingerprint density at radius 3 is 2.85 bits per heavy atom. The van der Waals surface area contributed by atoms with Crippen LogP contribution in [0.5, 0.6) is 0 Å². The van der Waals surface area contributed by atoms with Gasteiger partial charge in [-0.1, -0.05) is 17.7 Å². The Balaban J connectivity index is 1.71. The molecular formula is C18H13ClN8. The fraction of sp³-hybridized carbons (Fsp3) is 0.0556. The van der Waals surface area contributed by atoms with Crippen LogP contribution in [-0.4, -0.2) is 35.0 Å². The predicted octanol–water partition coefficient (Wildman–Crippen LogP) is 3.77. The smallest absolute Gasteiger partial charge is 0.213 e. The average Bonchev–Trinajstić information content (AvgIpc) is 3.31. The molecular weight excluding hydrogens is 364 g/mol. The number of nitrogens with one attached hydrogen (secondary N) is 2. The summed E-state index contributed by atoms with van der Waals surface area (Å²) in [6, 6.07) is 13.3. The van der Waals surface area contributed by atoms with Crippen LogP contribution in [0.1, 0.15) is 5.69 Å². The minimum atomic E-state index is 0.597. The van der Waals surface area contributed by atoms with Crippen molar-refractivity contribution >= 4 is 39.8 Å². The first-order valence-electron chi connectivity index (χ1n) is 8.23. The number of H-pyrrole nitrogens is 1. The van der Waals surface area contributed by atoms with Gasteiger partial charge in [0.05, 0.1) is 11.2 Å². The lowest BCUT2D eigenvalue weighted by Gasteiger charge is -2.11. The highest BCUT2D eigenvalue weighted by atomic mass is 35.5. The van der Waals surface area contributed by atoms with E-state index in [9.17, 15) is 0 Å². The summed E-state index contributed by atoms with van der Waals surface area (Å²) in [5.41, 5.74) is 4.23. The van der Waals surface area contributed by atoms with Gasteiger partial charge in [0.2, 0.25) is 5.95 Å². The highest BCUT2D eigenvalue weighted by molar-refractivity contribution is 6.30. The van der Waals surface area contributed by atoms with Crippen LogP contribution in [-0.2, 0) is 0 Å². The topological polar surface area (TPSA) is 96.7 Å². The van der Waals surface area contributed by atoms with Crippen LogP contribution in [0, 0.1) is 6.92 Å². The lowest BCUT2D eigenvalue weighted by atomic mass is 10.1. The summed E-state index contributed by atoms with van der Waals surface area (Å²) in [5, 5.41) is 18.9. The maximum Gasteiger partial charge on any atom is 0.213 e. The maximum atomic E-state index is 6.10. The Bertz CT molecular complexity index is 1280. The summed E-state index contributed by atoms with van der Waals surface area (Å²) in [4.78, 5) is 9.45. The number of nitrogens with zero attached hydrogens (tertiary/aromatic N) is 6. The Morgan fingerprint density at radius 1 is 1.11 bits per heavy atom. The molecule has 9 heteroatoms. The first-order valence-corrected chi connectivity index (χ1v) is 8.61. The van der Waals surface area contributed by atoms with Crippen molar-refractivity contribution in [3.05, 3.63) is 59.4 Å². The zero-order valence-electron chi connectivity index (χ0n) is 14.2. The molecule has 8 nitrogen and oxygen atoms in total. The number of halogens is 1. The van der Waals surface area contributed by atoms with Crippen molar-refractivity contribution in [2.75, 3.05) is 5.32 Å². The van der Waals surface area contributed by atoms with Crippen molar-refractivity contribution in [3.63, 3.8) is 0 Å². The molecule has 2 N–H and O–H groups in total. The monoisotopic (exact) mass is 376 g/mol. The number of anilines is 2. The zero-order valence-corrected chi connectivity index (χ0v) is 14.9. The number of benzene rings is 2. The first-order chi connectivity index (χ1) is 13.2. The third kappa shape index (κ3) is 2.76. The molecule has 0 unspecified atom stereocenters. The van der Waals surface area contributed by atoms with Crippen LogP contribution >= 0.6 is 11.6 Å². The summed E-state index contributed by atoms with van der Waals surface area (Å²) in [5.74, 6) is 1.26. The van der Waals surface area contributed by atoms with Crippen molar-refractivity contribution in [2.45, 2.75) is 6.92 Å². The van der Waals surface area contributed by atoms with Gasteiger partial charge in [0.1, 0.15) is 5.65 Å². The molecule has 2 aromatic carbocycles. The van der Waals surface area contributed by atoms with E-state index in [1.165, 1.54) is 0 Å². The van der Waals surface area contributed by atoms with Gasteiger partial charge in [-0.3, -0.25) is 4.40 Å². The maximum absolute atomic E-state index is 6.10. The minimum absolute atomic E-state index is 0.597. The van der Waals surface area contributed by atoms with E-state index in [-0.39, 0.29) is 0 Å². The van der Waals surface area contributed by atoms with E-state index < -0.39 is 0 Å². The second-order valence-electron chi connectivity index (χ2n) is 6.13. The van der Waals surface area contributed by atoms with Crippen molar-refractivity contribution in [2.24, 2.45) is 0 Å². The summed E-state index contributed by atoms with van der Waals surface area (Å²) >= 11 is 6.10. The van der Waals surface area contributed by atoms with E-state index in [0.29, 0.717) is 16.8 Å². The molecule has 0 radical (unpaired) electrons. The average molecular weight is 377 g/mol. The van der Waals surface area contributed by atoms with Crippen molar-refractivity contribution < 1.29 is 0 Å². The van der Waals surface area contributed by atoms with Crippen molar-refractivity contribution in [1.29, 1.82) is 0 Å². The third-order valence-electron chi connectivity index (χ3n) is 4.22. The molecule has 132 valence electrons. The van der Waals surface area contributed by atoms with E-state index in [2.05, 4.69) is 30.9 Å². The lowest BCUT2D eigenvalue weighted by molar-refractivity contribution is 0.881. The van der Waals surface area contributed by atoms with E-state index in [1.54, 1.807) is 0 Å². The molecule has 0 aliphatic carbocycles. The molecule has 5 aromatic rings. The molecule has 0 aliphatic rings. The SMILES string of the molecule is Cc1cn2c(Nc3cccc(Cl)c3)nc3ccc(-c4nnn[nH]4)cc3c2n1. The number of aryl methyl sites for hydroxylation is 1. The normalized spacial score (nSPS) is 11.3. The summed E-state index contributed by atoms with van der Waals surface area (Å²) in [6.45, 7) is 1.95. The molecule has 3 aromatic heterocycles. The summed E-state index contributed by atoms with van der Waals surface area (Å²) in [7, 11) is 0. The Morgan fingerprint density at radius 2 is 2.04 bits per heavy atom. The molecule has 27 heavy (non-hydrogen) atoms. The molecule has 0 atom stereocenters. The fourth-order valence-corrected chi connectivity index (χ4v) is 3.23. The van der Waals surface area contributed by atoms with E-state index in [1.807, 2.05) is 60.0 Å². The molecule has 3 heterocycles. The number of hydrogen-bond donors (Lipinski definition) is 2. The van der Waals surface area contributed by atoms with Gasteiger partial charge in [-0.15, -0.1) is 5.10 Å². The number of aromatic amines is 1. The van der Waals surface area contributed by atoms with Gasteiger partial charge < -0.3 is 5.32 Å².